The molecular formula is C13H18N2O3. The SMILES string of the molecule is CC(=O)c1cnc(NC(=O)OC(C)(C)C)cc1C. The first-order valence-corrected chi connectivity index (χ1v) is 5.66. The highest BCUT2D eigenvalue weighted by atomic mass is 16.6. The van der Waals surface area contributed by atoms with Crippen molar-refractivity contribution in [1.82, 2.24) is 4.98 Å². The van der Waals surface area contributed by atoms with Crippen LogP contribution in [0.4, 0.5) is 10.6 Å². The third-order valence-corrected chi connectivity index (χ3v) is 2.12. The number of Topliss-reactive ketones (excluding diaryl/α,β-unsaturated/α-hetero) is 1. The highest BCUT2D eigenvalue weighted by molar-refractivity contribution is 5.95. The van der Waals surface area contributed by atoms with Crippen LogP contribution in [0.3, 0.4) is 0 Å². The first kappa shape index (κ1) is 14.2. The van der Waals surface area contributed by atoms with Crippen LogP contribution in [-0.4, -0.2) is 22.5 Å². The molecule has 1 N–H and O–H groups in total. The summed E-state index contributed by atoms with van der Waals surface area (Å²) in [6, 6.07) is 1.64. The molecule has 0 saturated heterocycles. The van der Waals surface area contributed by atoms with Crippen LogP contribution in [0.25, 0.3) is 0 Å². The molecule has 1 aromatic rings. The molecule has 0 aromatic carbocycles. The average molecular weight is 250 g/mol. The molecule has 0 unspecified atom stereocenters. The summed E-state index contributed by atoms with van der Waals surface area (Å²) >= 11 is 0. The van der Waals surface area contributed by atoms with Gasteiger partial charge in [0.15, 0.2) is 5.78 Å². The maximum Gasteiger partial charge on any atom is 0.413 e. The Labute approximate surface area is 107 Å². The van der Waals surface area contributed by atoms with Gasteiger partial charge in [-0.25, -0.2) is 9.78 Å². The van der Waals surface area contributed by atoms with Crippen LogP contribution >= 0.6 is 0 Å². The lowest BCUT2D eigenvalue weighted by Crippen LogP contribution is -2.27. The predicted octanol–water partition coefficient (Wildman–Crippen LogP) is 2.94. The number of hydrogen-bond acceptors (Lipinski definition) is 4. The number of carbonyl (C=O) groups excluding carboxylic acids is 2. The first-order valence-electron chi connectivity index (χ1n) is 5.66. The van der Waals surface area contributed by atoms with Gasteiger partial charge in [0.2, 0.25) is 0 Å². The van der Waals surface area contributed by atoms with Crippen LogP contribution < -0.4 is 5.32 Å². The van der Waals surface area contributed by atoms with Crippen molar-refractivity contribution in [2.45, 2.75) is 40.2 Å². The number of anilines is 1. The van der Waals surface area contributed by atoms with Gasteiger partial charge >= 0.3 is 6.09 Å². The standard InChI is InChI=1S/C13H18N2O3/c1-8-6-11(14-7-10(8)9(2)16)15-12(17)18-13(3,4)5/h6-7H,1-5H3,(H,14,15,17). The van der Waals surface area contributed by atoms with Gasteiger partial charge in [0.25, 0.3) is 0 Å². The van der Waals surface area contributed by atoms with E-state index in [1.54, 1.807) is 33.8 Å². The summed E-state index contributed by atoms with van der Waals surface area (Å²) in [4.78, 5) is 26.8. The number of nitrogens with one attached hydrogen (secondary N) is 1. The molecular weight excluding hydrogens is 232 g/mol. The number of hydrogen-bond donors (Lipinski definition) is 1. The zero-order valence-electron chi connectivity index (χ0n) is 11.3. The van der Waals surface area contributed by atoms with Crippen molar-refractivity contribution in [1.29, 1.82) is 0 Å². The Morgan fingerprint density at radius 3 is 2.39 bits per heavy atom. The Balaban J connectivity index is 2.78. The van der Waals surface area contributed by atoms with Crippen molar-refractivity contribution in [2.75, 3.05) is 5.32 Å². The number of amides is 1. The molecule has 0 aliphatic heterocycles. The van der Waals surface area contributed by atoms with Gasteiger partial charge in [0, 0.05) is 11.8 Å². The van der Waals surface area contributed by atoms with Crippen LogP contribution in [0, 0.1) is 6.92 Å². The van der Waals surface area contributed by atoms with E-state index in [0.29, 0.717) is 11.4 Å². The monoisotopic (exact) mass is 250 g/mol. The molecule has 0 radical (unpaired) electrons. The summed E-state index contributed by atoms with van der Waals surface area (Å²) in [7, 11) is 0. The molecule has 0 aliphatic rings. The fraction of sp³-hybridized carbons (Fsp3) is 0.462. The molecule has 0 atom stereocenters. The number of ketones is 1. The van der Waals surface area contributed by atoms with E-state index in [9.17, 15) is 9.59 Å². The number of carbonyl (C=O) groups is 2. The molecule has 1 heterocycles. The highest BCUT2D eigenvalue weighted by Gasteiger charge is 2.16. The Hall–Kier alpha value is -1.91. The fourth-order valence-corrected chi connectivity index (χ4v) is 1.40. The van der Waals surface area contributed by atoms with Crippen LogP contribution in [0.2, 0.25) is 0 Å². The third kappa shape index (κ3) is 4.16. The summed E-state index contributed by atoms with van der Waals surface area (Å²) in [5.74, 6) is 0.315. The van der Waals surface area contributed by atoms with Crippen LogP contribution in [0.1, 0.15) is 43.6 Å². The molecule has 0 saturated carbocycles. The Kier molecular flexibility index (Phi) is 4.06. The number of nitrogens with zero attached hydrogens (tertiary/aromatic N) is 1. The largest absolute Gasteiger partial charge is 0.444 e. The molecule has 1 amide bonds. The van der Waals surface area contributed by atoms with Gasteiger partial charge in [-0.15, -0.1) is 0 Å². The molecule has 0 fully saturated rings. The minimum atomic E-state index is -0.565. The summed E-state index contributed by atoms with van der Waals surface area (Å²) in [6.07, 6.45) is 0.884. The van der Waals surface area contributed by atoms with Crippen molar-refractivity contribution >= 4 is 17.7 Å². The van der Waals surface area contributed by atoms with Crippen LogP contribution in [0.15, 0.2) is 12.3 Å². The van der Waals surface area contributed by atoms with E-state index in [4.69, 9.17) is 4.74 Å². The van der Waals surface area contributed by atoms with Crippen LogP contribution in [-0.2, 0) is 4.74 Å². The number of rotatable bonds is 2. The summed E-state index contributed by atoms with van der Waals surface area (Å²) in [5.41, 5.74) is 0.756. The van der Waals surface area contributed by atoms with Crippen LogP contribution in [0.5, 0.6) is 0 Å². The number of aromatic nitrogens is 1. The lowest BCUT2D eigenvalue weighted by molar-refractivity contribution is 0.0635. The molecule has 0 bridgehead atoms. The van der Waals surface area contributed by atoms with Gasteiger partial charge in [-0.2, -0.15) is 0 Å². The minimum absolute atomic E-state index is 0.0520. The van der Waals surface area contributed by atoms with E-state index < -0.39 is 11.7 Å². The smallest absolute Gasteiger partial charge is 0.413 e. The maximum absolute atomic E-state index is 11.5. The molecule has 1 aromatic heterocycles. The van der Waals surface area contributed by atoms with Gasteiger partial charge in [-0.3, -0.25) is 10.1 Å². The molecule has 0 spiro atoms. The molecule has 98 valence electrons. The van der Waals surface area contributed by atoms with E-state index in [0.717, 1.165) is 5.56 Å². The second kappa shape index (κ2) is 5.16. The molecule has 5 nitrogen and oxygen atoms in total. The van der Waals surface area contributed by atoms with E-state index in [1.807, 2.05) is 0 Å². The van der Waals surface area contributed by atoms with E-state index in [1.165, 1.54) is 13.1 Å². The fourth-order valence-electron chi connectivity index (χ4n) is 1.40. The lowest BCUT2D eigenvalue weighted by atomic mass is 10.1. The van der Waals surface area contributed by atoms with Gasteiger partial charge in [0.1, 0.15) is 11.4 Å². The van der Waals surface area contributed by atoms with Crippen molar-refractivity contribution in [3.05, 3.63) is 23.4 Å². The molecule has 5 heteroatoms. The second-order valence-electron chi connectivity index (χ2n) is 5.07. The topological polar surface area (TPSA) is 68.3 Å². The Morgan fingerprint density at radius 2 is 1.94 bits per heavy atom. The third-order valence-electron chi connectivity index (χ3n) is 2.12. The van der Waals surface area contributed by atoms with E-state index in [-0.39, 0.29) is 5.78 Å². The molecule has 18 heavy (non-hydrogen) atoms. The number of aryl methyl sites for hydroxylation is 1. The van der Waals surface area contributed by atoms with E-state index in [2.05, 4.69) is 10.3 Å². The molecule has 1 rings (SSSR count). The quantitative estimate of drug-likeness (QED) is 0.819. The maximum atomic E-state index is 11.5. The molecule has 0 aliphatic carbocycles. The van der Waals surface area contributed by atoms with Gasteiger partial charge in [-0.05, 0) is 46.2 Å². The summed E-state index contributed by atoms with van der Waals surface area (Å²) in [5, 5.41) is 2.52. The summed E-state index contributed by atoms with van der Waals surface area (Å²) < 4.78 is 5.10. The average Bonchev–Trinajstić information content (AvgIpc) is 2.13. The Bertz CT molecular complexity index is 476. The Morgan fingerprint density at radius 1 is 1.33 bits per heavy atom. The van der Waals surface area contributed by atoms with Crippen molar-refractivity contribution in [3.8, 4) is 0 Å². The predicted molar refractivity (Wildman–Crippen MR) is 68.8 cm³/mol. The van der Waals surface area contributed by atoms with Crippen molar-refractivity contribution in [2.24, 2.45) is 0 Å². The van der Waals surface area contributed by atoms with Gasteiger partial charge in [0.05, 0.1) is 0 Å². The first-order chi connectivity index (χ1) is 8.19. The van der Waals surface area contributed by atoms with Crippen molar-refractivity contribution in [3.63, 3.8) is 0 Å². The van der Waals surface area contributed by atoms with E-state index >= 15 is 0 Å². The van der Waals surface area contributed by atoms with Gasteiger partial charge < -0.3 is 4.74 Å². The lowest BCUT2D eigenvalue weighted by Gasteiger charge is -2.19. The zero-order chi connectivity index (χ0) is 13.9. The minimum Gasteiger partial charge on any atom is -0.444 e. The number of ether oxygens (including phenoxy) is 1. The number of pyridine rings is 1. The van der Waals surface area contributed by atoms with Crippen molar-refractivity contribution < 1.29 is 14.3 Å². The summed E-state index contributed by atoms with van der Waals surface area (Å²) in [6.45, 7) is 8.61. The van der Waals surface area contributed by atoms with Gasteiger partial charge in [-0.1, -0.05) is 0 Å². The normalized spacial score (nSPS) is 10.9. The zero-order valence-corrected chi connectivity index (χ0v) is 11.3. The second-order valence-corrected chi connectivity index (χ2v) is 5.07. The highest BCUT2D eigenvalue weighted by Crippen LogP contribution is 2.14.